The molecule has 1 amide bonds. The van der Waals surface area contributed by atoms with Gasteiger partial charge < -0.3 is 9.64 Å². The summed E-state index contributed by atoms with van der Waals surface area (Å²) in [6.45, 7) is 2.29. The largest absolute Gasteiger partial charge is 0.416 e. The molecule has 0 bridgehead atoms. The molecule has 0 N–H and O–H groups in total. The SMILES string of the molecule is O=C(c1cc(C(F)(F)F)cc(C(F)(F)F)c1)N1CCC(N2CCOCC2)C(c2ccc(Cl)c(F)c2)C1. The van der Waals surface area contributed by atoms with Crippen LogP contribution in [0.3, 0.4) is 0 Å². The Kier molecular flexibility index (Phi) is 7.55. The fourth-order valence-electron chi connectivity index (χ4n) is 4.80. The lowest BCUT2D eigenvalue weighted by molar-refractivity contribution is -0.143. The van der Waals surface area contributed by atoms with Crippen molar-refractivity contribution in [1.82, 2.24) is 9.80 Å². The van der Waals surface area contributed by atoms with Crippen molar-refractivity contribution in [1.29, 1.82) is 0 Å². The van der Waals surface area contributed by atoms with E-state index in [1.54, 1.807) is 6.07 Å². The number of benzene rings is 2. The van der Waals surface area contributed by atoms with E-state index >= 15 is 0 Å². The lowest BCUT2D eigenvalue weighted by Crippen LogP contribution is -2.54. The number of morpholine rings is 1. The predicted octanol–water partition coefficient (Wildman–Crippen LogP) is 5.85. The molecule has 0 saturated carbocycles. The maximum Gasteiger partial charge on any atom is 0.416 e. The number of ether oxygens (including phenoxy) is 1. The van der Waals surface area contributed by atoms with Gasteiger partial charge in [0.05, 0.1) is 29.4 Å². The average molecular weight is 539 g/mol. The topological polar surface area (TPSA) is 32.8 Å². The van der Waals surface area contributed by atoms with E-state index in [1.165, 1.54) is 17.0 Å². The Morgan fingerprint density at radius 3 is 2.08 bits per heavy atom. The molecule has 2 heterocycles. The fraction of sp³-hybridized carbons (Fsp3) is 0.458. The van der Waals surface area contributed by atoms with E-state index in [0.29, 0.717) is 50.4 Å². The van der Waals surface area contributed by atoms with Gasteiger partial charge in [-0.2, -0.15) is 26.3 Å². The number of alkyl halides is 6. The number of piperidine rings is 1. The van der Waals surface area contributed by atoms with Crippen molar-refractivity contribution in [3.63, 3.8) is 0 Å². The van der Waals surface area contributed by atoms with Crippen LogP contribution < -0.4 is 0 Å². The Labute approximate surface area is 207 Å². The van der Waals surface area contributed by atoms with E-state index in [0.717, 1.165) is 0 Å². The molecule has 0 aliphatic carbocycles. The van der Waals surface area contributed by atoms with Crippen molar-refractivity contribution in [2.75, 3.05) is 39.4 Å². The van der Waals surface area contributed by atoms with Gasteiger partial charge in [-0.25, -0.2) is 4.39 Å². The van der Waals surface area contributed by atoms with Crippen LogP contribution >= 0.6 is 11.6 Å². The molecule has 0 aromatic heterocycles. The lowest BCUT2D eigenvalue weighted by atomic mass is 9.84. The zero-order valence-electron chi connectivity index (χ0n) is 18.8. The number of amides is 1. The fourth-order valence-corrected chi connectivity index (χ4v) is 4.92. The number of hydrogen-bond donors (Lipinski definition) is 0. The Hall–Kier alpha value is -2.37. The molecule has 4 nitrogen and oxygen atoms in total. The average Bonchev–Trinajstić information content (AvgIpc) is 2.84. The molecule has 12 heteroatoms. The van der Waals surface area contributed by atoms with Gasteiger partial charge in [0.2, 0.25) is 0 Å². The van der Waals surface area contributed by atoms with E-state index < -0.39 is 46.7 Å². The smallest absolute Gasteiger partial charge is 0.379 e. The van der Waals surface area contributed by atoms with Gasteiger partial charge in [0.1, 0.15) is 5.82 Å². The molecule has 36 heavy (non-hydrogen) atoms. The number of carbonyl (C=O) groups is 1. The standard InChI is InChI=1S/C24H22ClF7N2O2/c25-19-2-1-14(11-20(19)26)18-13-34(4-3-21(18)33-5-7-36-8-6-33)22(35)15-9-16(23(27,28)29)12-17(10-15)24(30,31)32/h1-2,9-12,18,21H,3-8,13H2. The molecular weight excluding hydrogens is 517 g/mol. The Morgan fingerprint density at radius 1 is 0.917 bits per heavy atom. The van der Waals surface area contributed by atoms with Crippen LogP contribution in [0.5, 0.6) is 0 Å². The second kappa shape index (κ2) is 10.2. The Balaban J connectivity index is 1.67. The van der Waals surface area contributed by atoms with Crippen molar-refractivity contribution >= 4 is 17.5 Å². The van der Waals surface area contributed by atoms with Crippen molar-refractivity contribution < 1.29 is 40.3 Å². The molecule has 2 fully saturated rings. The second-order valence-corrected chi connectivity index (χ2v) is 9.24. The van der Waals surface area contributed by atoms with Gasteiger partial charge in [0.15, 0.2) is 0 Å². The van der Waals surface area contributed by atoms with Crippen LogP contribution in [0, 0.1) is 5.82 Å². The number of likely N-dealkylation sites (tertiary alicyclic amines) is 1. The molecule has 2 aliphatic heterocycles. The molecule has 2 aromatic rings. The van der Waals surface area contributed by atoms with Crippen molar-refractivity contribution in [3.05, 3.63) is 69.5 Å². The van der Waals surface area contributed by atoms with E-state index in [2.05, 4.69) is 4.90 Å². The Morgan fingerprint density at radius 2 is 1.53 bits per heavy atom. The molecule has 196 valence electrons. The molecule has 0 radical (unpaired) electrons. The third-order valence-corrected chi connectivity index (χ3v) is 6.89. The zero-order valence-corrected chi connectivity index (χ0v) is 19.6. The third kappa shape index (κ3) is 5.78. The number of carbonyl (C=O) groups excluding carboxylic acids is 1. The van der Waals surface area contributed by atoms with Crippen LogP contribution in [0.2, 0.25) is 5.02 Å². The number of hydrogen-bond acceptors (Lipinski definition) is 3. The third-order valence-electron chi connectivity index (χ3n) is 6.58. The van der Waals surface area contributed by atoms with Crippen LogP contribution in [0.25, 0.3) is 0 Å². The normalized spacial score (nSPS) is 22.1. The molecule has 2 saturated heterocycles. The van der Waals surface area contributed by atoms with Crippen LogP contribution in [-0.4, -0.2) is 61.1 Å². The van der Waals surface area contributed by atoms with E-state index in [4.69, 9.17) is 16.3 Å². The van der Waals surface area contributed by atoms with Gasteiger partial charge in [0, 0.05) is 43.7 Å². The maximum absolute atomic E-state index is 14.3. The number of nitrogens with zero attached hydrogens (tertiary/aromatic N) is 2. The first-order valence-corrected chi connectivity index (χ1v) is 11.6. The predicted molar refractivity (Wildman–Crippen MR) is 117 cm³/mol. The van der Waals surface area contributed by atoms with Gasteiger partial charge >= 0.3 is 12.4 Å². The number of halogens is 8. The molecule has 2 aliphatic rings. The van der Waals surface area contributed by atoms with Crippen LogP contribution in [0.4, 0.5) is 30.7 Å². The van der Waals surface area contributed by atoms with Crippen molar-refractivity contribution in [2.24, 2.45) is 0 Å². The van der Waals surface area contributed by atoms with Crippen molar-refractivity contribution in [3.8, 4) is 0 Å². The highest BCUT2D eigenvalue weighted by atomic mass is 35.5. The van der Waals surface area contributed by atoms with Crippen LogP contribution in [0.15, 0.2) is 36.4 Å². The van der Waals surface area contributed by atoms with E-state index in [1.807, 2.05) is 0 Å². The van der Waals surface area contributed by atoms with Gasteiger partial charge in [-0.15, -0.1) is 0 Å². The highest BCUT2D eigenvalue weighted by molar-refractivity contribution is 6.30. The van der Waals surface area contributed by atoms with Gasteiger partial charge in [0.25, 0.3) is 5.91 Å². The summed E-state index contributed by atoms with van der Waals surface area (Å²) in [7, 11) is 0. The first-order chi connectivity index (χ1) is 16.8. The summed E-state index contributed by atoms with van der Waals surface area (Å²) < 4.78 is 99.5. The van der Waals surface area contributed by atoms with Gasteiger partial charge in [-0.1, -0.05) is 17.7 Å². The molecular formula is C24H22ClF7N2O2. The summed E-state index contributed by atoms with van der Waals surface area (Å²) >= 11 is 5.82. The van der Waals surface area contributed by atoms with Crippen LogP contribution in [-0.2, 0) is 17.1 Å². The highest BCUT2D eigenvalue weighted by Gasteiger charge is 2.40. The highest BCUT2D eigenvalue weighted by Crippen LogP contribution is 2.38. The van der Waals surface area contributed by atoms with E-state index in [9.17, 15) is 35.5 Å². The maximum atomic E-state index is 14.3. The lowest BCUT2D eigenvalue weighted by Gasteiger charge is -2.45. The first-order valence-electron chi connectivity index (χ1n) is 11.2. The first kappa shape index (κ1) is 26.7. The Bertz CT molecular complexity index is 1080. The summed E-state index contributed by atoms with van der Waals surface area (Å²) in [5.74, 6) is -2.06. The molecule has 2 atom stereocenters. The molecule has 2 aromatic carbocycles. The monoisotopic (exact) mass is 538 g/mol. The van der Waals surface area contributed by atoms with E-state index in [-0.39, 0.29) is 30.2 Å². The minimum Gasteiger partial charge on any atom is -0.379 e. The zero-order chi connectivity index (χ0) is 26.3. The summed E-state index contributed by atoms with van der Waals surface area (Å²) in [5.41, 5.74) is -3.28. The second-order valence-electron chi connectivity index (χ2n) is 8.83. The van der Waals surface area contributed by atoms with Crippen molar-refractivity contribution in [2.45, 2.75) is 30.7 Å². The quantitative estimate of drug-likeness (QED) is 0.460. The number of rotatable bonds is 3. The summed E-state index contributed by atoms with van der Waals surface area (Å²) in [6.07, 6.45) is -9.74. The minimum atomic E-state index is -5.07. The molecule has 4 rings (SSSR count). The summed E-state index contributed by atoms with van der Waals surface area (Å²) in [6, 6.07) is 4.97. The summed E-state index contributed by atoms with van der Waals surface area (Å²) in [4.78, 5) is 16.6. The molecule has 0 spiro atoms. The van der Waals surface area contributed by atoms with Gasteiger partial charge in [-0.3, -0.25) is 9.69 Å². The van der Waals surface area contributed by atoms with Crippen LogP contribution in [0.1, 0.15) is 39.4 Å². The van der Waals surface area contributed by atoms with Gasteiger partial charge in [-0.05, 0) is 42.3 Å². The minimum absolute atomic E-state index is 0.0132. The molecule has 2 unspecified atom stereocenters. The summed E-state index contributed by atoms with van der Waals surface area (Å²) in [5, 5.41) is -0.0888.